The topological polar surface area (TPSA) is 72.2 Å². The van der Waals surface area contributed by atoms with Gasteiger partial charge in [-0.2, -0.15) is 0 Å². The third-order valence-corrected chi connectivity index (χ3v) is 3.64. The van der Waals surface area contributed by atoms with Crippen LogP contribution in [0.2, 0.25) is 0 Å². The van der Waals surface area contributed by atoms with Crippen molar-refractivity contribution in [1.82, 2.24) is 4.72 Å². The lowest BCUT2D eigenvalue weighted by Gasteiger charge is -2.06. The van der Waals surface area contributed by atoms with Crippen molar-refractivity contribution in [3.8, 4) is 0 Å². The van der Waals surface area contributed by atoms with Crippen molar-refractivity contribution in [2.24, 2.45) is 11.1 Å². The Morgan fingerprint density at radius 1 is 1.58 bits per heavy atom. The fraction of sp³-hybridized carbons (Fsp3) is 1.00. The third kappa shape index (κ3) is 2.43. The van der Waals surface area contributed by atoms with Crippen LogP contribution >= 0.6 is 0 Å². The lowest BCUT2D eigenvalue weighted by atomic mass is 10.2. The molecule has 0 heterocycles. The second-order valence-electron chi connectivity index (χ2n) is 3.97. The molecule has 0 aromatic carbocycles. The van der Waals surface area contributed by atoms with Gasteiger partial charge in [-0.15, -0.1) is 0 Å². The maximum absolute atomic E-state index is 11.2. The van der Waals surface area contributed by atoms with Gasteiger partial charge < -0.3 is 5.73 Å². The average molecular weight is 192 g/mol. The second-order valence-corrected chi connectivity index (χ2v) is 5.84. The third-order valence-electron chi connectivity index (χ3n) is 2.22. The normalized spacial score (nSPS) is 27.1. The maximum atomic E-state index is 11.2. The Morgan fingerprint density at radius 3 is 2.42 bits per heavy atom. The van der Waals surface area contributed by atoms with Gasteiger partial charge in [-0.05, 0) is 11.8 Å². The monoisotopic (exact) mass is 192 g/mol. The molecule has 1 aliphatic rings. The summed E-state index contributed by atoms with van der Waals surface area (Å²) < 4.78 is 25.0. The van der Waals surface area contributed by atoms with Crippen LogP contribution in [0.3, 0.4) is 0 Å². The first kappa shape index (κ1) is 9.95. The Balaban J connectivity index is 2.43. The van der Waals surface area contributed by atoms with E-state index in [0.29, 0.717) is 0 Å². The molecule has 1 rings (SSSR count). The molecule has 1 fully saturated rings. The summed E-state index contributed by atoms with van der Waals surface area (Å²) >= 11 is 0. The summed E-state index contributed by atoms with van der Waals surface area (Å²) in [6, 6.07) is 0.119. The summed E-state index contributed by atoms with van der Waals surface area (Å²) in [7, 11) is -3.11. The minimum absolute atomic E-state index is 0.0274. The molecule has 1 saturated carbocycles. The standard InChI is InChI=1S/C7H16N2O2S/c1-7(2)5-6(7)9-12(10,11)4-3-8/h6,9H,3-5,8H2,1-2H3. The molecule has 12 heavy (non-hydrogen) atoms. The largest absolute Gasteiger partial charge is 0.329 e. The van der Waals surface area contributed by atoms with Crippen molar-refractivity contribution >= 4 is 10.0 Å². The van der Waals surface area contributed by atoms with Gasteiger partial charge in [0.2, 0.25) is 10.0 Å². The van der Waals surface area contributed by atoms with Crippen LogP contribution in [0.5, 0.6) is 0 Å². The number of hydrogen-bond acceptors (Lipinski definition) is 3. The van der Waals surface area contributed by atoms with E-state index in [1.54, 1.807) is 0 Å². The highest BCUT2D eigenvalue weighted by Gasteiger charge is 2.47. The first-order chi connectivity index (χ1) is 5.37. The van der Waals surface area contributed by atoms with E-state index in [2.05, 4.69) is 4.72 Å². The fourth-order valence-electron chi connectivity index (χ4n) is 1.10. The van der Waals surface area contributed by atoms with Crippen molar-refractivity contribution in [2.75, 3.05) is 12.3 Å². The SMILES string of the molecule is CC1(C)CC1NS(=O)(=O)CCN. The second kappa shape index (κ2) is 2.97. The van der Waals surface area contributed by atoms with Crippen LogP contribution in [0.4, 0.5) is 0 Å². The Hall–Kier alpha value is -0.130. The van der Waals surface area contributed by atoms with Crippen LogP contribution in [0, 0.1) is 5.41 Å². The molecule has 0 amide bonds. The van der Waals surface area contributed by atoms with Crippen molar-refractivity contribution < 1.29 is 8.42 Å². The van der Waals surface area contributed by atoms with Crippen LogP contribution in [-0.4, -0.2) is 26.8 Å². The van der Waals surface area contributed by atoms with Crippen LogP contribution in [-0.2, 0) is 10.0 Å². The predicted molar refractivity (Wildman–Crippen MR) is 48.2 cm³/mol. The highest BCUT2D eigenvalue weighted by atomic mass is 32.2. The fourth-order valence-corrected chi connectivity index (χ4v) is 2.36. The van der Waals surface area contributed by atoms with Crippen molar-refractivity contribution in [3.63, 3.8) is 0 Å². The van der Waals surface area contributed by atoms with E-state index in [1.165, 1.54) is 0 Å². The maximum Gasteiger partial charge on any atom is 0.213 e. The van der Waals surface area contributed by atoms with Gasteiger partial charge in [0, 0.05) is 12.6 Å². The molecule has 0 aliphatic heterocycles. The van der Waals surface area contributed by atoms with Gasteiger partial charge in [0.15, 0.2) is 0 Å². The van der Waals surface area contributed by atoms with Gasteiger partial charge in [0.1, 0.15) is 0 Å². The summed E-state index contributed by atoms with van der Waals surface area (Å²) in [5, 5.41) is 0. The molecule has 4 nitrogen and oxygen atoms in total. The molecule has 72 valence electrons. The molecule has 3 N–H and O–H groups in total. The van der Waals surface area contributed by atoms with Crippen molar-refractivity contribution in [1.29, 1.82) is 0 Å². The molecule has 0 spiro atoms. The lowest BCUT2D eigenvalue weighted by molar-refractivity contribution is 0.555. The minimum Gasteiger partial charge on any atom is -0.329 e. The van der Waals surface area contributed by atoms with Gasteiger partial charge in [-0.1, -0.05) is 13.8 Å². The number of hydrogen-bond donors (Lipinski definition) is 2. The molecular formula is C7H16N2O2S. The van der Waals surface area contributed by atoms with E-state index in [0.717, 1.165) is 6.42 Å². The molecule has 0 bridgehead atoms. The van der Waals surface area contributed by atoms with Gasteiger partial charge in [0.25, 0.3) is 0 Å². The summed E-state index contributed by atoms with van der Waals surface area (Å²) in [6.45, 7) is 4.27. The molecule has 1 atom stereocenters. The van der Waals surface area contributed by atoms with Crippen LogP contribution in [0.25, 0.3) is 0 Å². The average Bonchev–Trinajstić information content (AvgIpc) is 2.36. The van der Waals surface area contributed by atoms with Gasteiger partial charge >= 0.3 is 0 Å². The zero-order valence-corrected chi connectivity index (χ0v) is 8.32. The lowest BCUT2D eigenvalue weighted by Crippen LogP contribution is -2.33. The van der Waals surface area contributed by atoms with Crippen molar-refractivity contribution in [2.45, 2.75) is 26.3 Å². The zero-order chi connectivity index (χ0) is 9.41. The summed E-state index contributed by atoms with van der Waals surface area (Å²) in [5.74, 6) is 0.0274. The molecule has 0 aromatic rings. The molecule has 0 saturated heterocycles. The highest BCUT2D eigenvalue weighted by molar-refractivity contribution is 7.89. The van der Waals surface area contributed by atoms with Crippen molar-refractivity contribution in [3.05, 3.63) is 0 Å². The van der Waals surface area contributed by atoms with E-state index in [9.17, 15) is 8.42 Å². The summed E-state index contributed by atoms with van der Waals surface area (Å²) in [4.78, 5) is 0. The van der Waals surface area contributed by atoms with Crippen LogP contribution in [0.1, 0.15) is 20.3 Å². The summed E-state index contributed by atoms with van der Waals surface area (Å²) in [5.41, 5.74) is 5.30. The van der Waals surface area contributed by atoms with E-state index in [4.69, 9.17) is 5.73 Å². The molecule has 5 heteroatoms. The quantitative estimate of drug-likeness (QED) is 0.640. The van der Waals surface area contributed by atoms with E-state index >= 15 is 0 Å². The Labute approximate surface area is 73.6 Å². The number of sulfonamides is 1. The van der Waals surface area contributed by atoms with Crippen LogP contribution in [0.15, 0.2) is 0 Å². The van der Waals surface area contributed by atoms with E-state index in [1.807, 2.05) is 13.8 Å². The Kier molecular flexibility index (Phi) is 2.47. The first-order valence-corrected chi connectivity index (χ1v) is 5.73. The minimum atomic E-state index is -3.11. The first-order valence-electron chi connectivity index (χ1n) is 4.07. The predicted octanol–water partition coefficient (Wildman–Crippen LogP) is -0.337. The van der Waals surface area contributed by atoms with E-state index in [-0.39, 0.29) is 23.8 Å². The zero-order valence-electron chi connectivity index (χ0n) is 7.50. The molecule has 0 radical (unpaired) electrons. The van der Waals surface area contributed by atoms with Gasteiger partial charge in [0.05, 0.1) is 5.75 Å². The Bertz CT molecular complexity index is 259. The smallest absolute Gasteiger partial charge is 0.213 e. The number of nitrogens with two attached hydrogens (primary N) is 1. The Morgan fingerprint density at radius 2 is 2.08 bits per heavy atom. The summed E-state index contributed by atoms with van der Waals surface area (Å²) in [6.07, 6.45) is 0.927. The molecule has 0 aromatic heterocycles. The van der Waals surface area contributed by atoms with Gasteiger partial charge in [-0.25, -0.2) is 13.1 Å². The highest BCUT2D eigenvalue weighted by Crippen LogP contribution is 2.44. The molecular weight excluding hydrogens is 176 g/mol. The number of rotatable bonds is 4. The van der Waals surface area contributed by atoms with Gasteiger partial charge in [-0.3, -0.25) is 0 Å². The molecule has 1 aliphatic carbocycles. The number of nitrogens with one attached hydrogen (secondary N) is 1. The molecule has 1 unspecified atom stereocenters. The van der Waals surface area contributed by atoms with E-state index < -0.39 is 10.0 Å². The van der Waals surface area contributed by atoms with Crippen LogP contribution < -0.4 is 10.5 Å².